The van der Waals surface area contributed by atoms with E-state index in [4.69, 9.17) is 15.8 Å². The van der Waals surface area contributed by atoms with Gasteiger partial charge in [0.2, 0.25) is 0 Å². The van der Waals surface area contributed by atoms with E-state index in [0.717, 1.165) is 22.8 Å². The van der Waals surface area contributed by atoms with Crippen LogP contribution in [-0.4, -0.2) is 30.4 Å². The van der Waals surface area contributed by atoms with Crippen molar-refractivity contribution >= 4 is 27.6 Å². The standard InChI is InChI=1S/C15H26ClNOS.C2H6/c1-12-7-8-13(11-14(12)16)17-9-10-18-19(5,6)15(2,3)4;1-2/h7-8,11,17H,9-10H2,1-6H3;1-2H3. The quantitative estimate of drug-likeness (QED) is 0.679. The number of hydrogen-bond acceptors (Lipinski definition) is 2. The number of halogens is 1. The number of anilines is 1. The number of aryl methyl sites for hydroxylation is 1. The first kappa shape index (κ1) is 20.6. The number of hydrogen-bond donors (Lipinski definition) is 1. The molecule has 1 aromatic carbocycles. The van der Waals surface area contributed by atoms with Crippen LogP contribution in [0.15, 0.2) is 18.2 Å². The van der Waals surface area contributed by atoms with Crippen LogP contribution in [-0.2, 0) is 4.18 Å². The maximum atomic E-state index is 6.09. The van der Waals surface area contributed by atoms with Crippen molar-refractivity contribution in [3.8, 4) is 0 Å². The smallest absolute Gasteiger partial charge is 0.0765 e. The van der Waals surface area contributed by atoms with Gasteiger partial charge in [0.25, 0.3) is 0 Å². The van der Waals surface area contributed by atoms with Crippen LogP contribution in [0.3, 0.4) is 0 Å². The van der Waals surface area contributed by atoms with Gasteiger partial charge in [0, 0.05) is 22.0 Å². The number of nitrogens with one attached hydrogen (secondary N) is 1. The molecule has 0 amide bonds. The lowest BCUT2D eigenvalue weighted by Crippen LogP contribution is -2.26. The maximum Gasteiger partial charge on any atom is 0.0765 e. The van der Waals surface area contributed by atoms with Gasteiger partial charge in [0.05, 0.1) is 6.61 Å². The maximum absolute atomic E-state index is 6.09. The summed E-state index contributed by atoms with van der Waals surface area (Å²) in [6.45, 7) is 14.2. The normalized spacial score (nSPS) is 12.4. The number of rotatable bonds is 5. The number of benzene rings is 1. The zero-order valence-corrected chi connectivity index (χ0v) is 16.4. The van der Waals surface area contributed by atoms with Gasteiger partial charge >= 0.3 is 0 Å². The summed E-state index contributed by atoms with van der Waals surface area (Å²) in [6, 6.07) is 6.03. The van der Waals surface area contributed by atoms with Crippen molar-refractivity contribution in [1.82, 2.24) is 0 Å². The molecule has 0 aliphatic heterocycles. The van der Waals surface area contributed by atoms with E-state index >= 15 is 0 Å². The fraction of sp³-hybridized carbons (Fsp3) is 0.647. The second kappa shape index (κ2) is 8.92. The van der Waals surface area contributed by atoms with Crippen LogP contribution in [0, 0.1) is 6.92 Å². The van der Waals surface area contributed by atoms with Gasteiger partial charge in [-0.1, -0.05) is 52.3 Å². The molecule has 0 saturated carbocycles. The van der Waals surface area contributed by atoms with Gasteiger partial charge in [-0.25, -0.2) is 0 Å². The van der Waals surface area contributed by atoms with Gasteiger partial charge in [-0.05, 0) is 37.1 Å². The van der Waals surface area contributed by atoms with Crippen LogP contribution in [0.25, 0.3) is 0 Å². The minimum Gasteiger partial charge on any atom is -0.383 e. The fourth-order valence-electron chi connectivity index (χ4n) is 1.32. The Bertz CT molecular complexity index is 427. The highest BCUT2D eigenvalue weighted by atomic mass is 35.5. The zero-order chi connectivity index (χ0) is 16.7. The Morgan fingerprint density at radius 2 is 1.76 bits per heavy atom. The summed E-state index contributed by atoms with van der Waals surface area (Å²) in [5, 5.41) is 4.14. The highest BCUT2D eigenvalue weighted by Crippen LogP contribution is 2.53. The first-order valence-corrected chi connectivity index (χ1v) is 10.3. The summed E-state index contributed by atoms with van der Waals surface area (Å²) in [5.74, 6) is 0. The zero-order valence-electron chi connectivity index (χ0n) is 14.8. The highest BCUT2D eigenvalue weighted by molar-refractivity contribution is 8.29. The highest BCUT2D eigenvalue weighted by Gasteiger charge is 2.28. The van der Waals surface area contributed by atoms with Crippen molar-refractivity contribution < 1.29 is 4.18 Å². The summed E-state index contributed by atoms with van der Waals surface area (Å²) in [6.07, 6.45) is 4.44. The minimum absolute atomic E-state index is 0.208. The predicted molar refractivity (Wildman–Crippen MR) is 101 cm³/mol. The van der Waals surface area contributed by atoms with E-state index in [2.05, 4.69) is 38.6 Å². The molecule has 4 heteroatoms. The van der Waals surface area contributed by atoms with Gasteiger partial charge in [0.1, 0.15) is 0 Å². The monoisotopic (exact) mass is 333 g/mol. The molecule has 0 unspecified atom stereocenters. The van der Waals surface area contributed by atoms with Crippen molar-refractivity contribution in [2.45, 2.75) is 46.3 Å². The average Bonchev–Trinajstić information content (AvgIpc) is 2.40. The van der Waals surface area contributed by atoms with Crippen molar-refractivity contribution in [2.75, 3.05) is 31.0 Å². The van der Waals surface area contributed by atoms with Crippen LogP contribution in [0.4, 0.5) is 5.69 Å². The molecule has 0 atom stereocenters. The summed E-state index contributed by atoms with van der Waals surface area (Å²) in [4.78, 5) is 0. The molecule has 0 heterocycles. The molecule has 0 aliphatic carbocycles. The second-order valence-corrected chi connectivity index (χ2v) is 10.4. The lowest BCUT2D eigenvalue weighted by Gasteiger charge is -2.43. The van der Waals surface area contributed by atoms with Crippen LogP contribution >= 0.6 is 21.9 Å². The van der Waals surface area contributed by atoms with E-state index < -0.39 is 10.3 Å². The van der Waals surface area contributed by atoms with E-state index in [1.807, 2.05) is 39.0 Å². The van der Waals surface area contributed by atoms with Crippen LogP contribution in [0.1, 0.15) is 40.2 Å². The van der Waals surface area contributed by atoms with Crippen LogP contribution in [0.2, 0.25) is 5.02 Å². The van der Waals surface area contributed by atoms with Crippen molar-refractivity contribution in [1.29, 1.82) is 0 Å². The third-order valence-electron chi connectivity index (χ3n) is 3.46. The Kier molecular flexibility index (Phi) is 8.76. The molecule has 0 radical (unpaired) electrons. The third-order valence-corrected chi connectivity index (χ3v) is 7.57. The van der Waals surface area contributed by atoms with Gasteiger partial charge in [-0.2, -0.15) is 0 Å². The average molecular weight is 334 g/mol. The molecule has 0 fully saturated rings. The SMILES string of the molecule is CC.Cc1ccc(NCCOS(C)(C)C(C)(C)C)cc1Cl. The Hall–Kier alpha value is -0.380. The first-order chi connectivity index (χ1) is 9.63. The molecule has 1 aromatic rings. The molecular formula is C17H32ClNOS. The summed E-state index contributed by atoms with van der Waals surface area (Å²) < 4.78 is 6.27. The van der Waals surface area contributed by atoms with E-state index in [9.17, 15) is 0 Å². The molecular weight excluding hydrogens is 302 g/mol. The van der Waals surface area contributed by atoms with Crippen LogP contribution in [0.5, 0.6) is 0 Å². The molecule has 0 aromatic heterocycles. The van der Waals surface area contributed by atoms with Crippen LogP contribution < -0.4 is 5.32 Å². The minimum atomic E-state index is -1.03. The Morgan fingerprint density at radius 1 is 1.19 bits per heavy atom. The molecule has 124 valence electrons. The summed E-state index contributed by atoms with van der Waals surface area (Å²) >= 11 is 6.09. The molecule has 2 nitrogen and oxygen atoms in total. The Morgan fingerprint density at radius 3 is 2.24 bits per heavy atom. The topological polar surface area (TPSA) is 21.3 Å². The third kappa shape index (κ3) is 6.94. The molecule has 1 N–H and O–H groups in total. The Labute approximate surface area is 138 Å². The molecule has 0 saturated heterocycles. The first-order valence-electron chi connectivity index (χ1n) is 7.51. The van der Waals surface area contributed by atoms with Gasteiger partial charge < -0.3 is 9.50 Å². The molecule has 0 spiro atoms. The fourth-order valence-corrected chi connectivity index (χ4v) is 2.36. The molecule has 1 rings (SSSR count). The van der Waals surface area contributed by atoms with Gasteiger partial charge in [-0.15, -0.1) is 10.3 Å². The second-order valence-electron chi connectivity index (χ2n) is 6.06. The summed E-state index contributed by atoms with van der Waals surface area (Å²) in [5.41, 5.74) is 2.14. The summed E-state index contributed by atoms with van der Waals surface area (Å²) in [7, 11) is -1.03. The van der Waals surface area contributed by atoms with Gasteiger partial charge in [0.15, 0.2) is 0 Å². The lowest BCUT2D eigenvalue weighted by atomic mass is 10.2. The Balaban J connectivity index is 0.00000191. The van der Waals surface area contributed by atoms with E-state index in [0.29, 0.717) is 6.61 Å². The van der Waals surface area contributed by atoms with Gasteiger partial charge in [-0.3, -0.25) is 0 Å². The largest absolute Gasteiger partial charge is 0.383 e. The molecule has 0 bridgehead atoms. The van der Waals surface area contributed by atoms with Crippen molar-refractivity contribution in [2.24, 2.45) is 0 Å². The molecule has 21 heavy (non-hydrogen) atoms. The predicted octanol–water partition coefficient (Wildman–Crippen LogP) is 5.88. The molecule has 0 aliphatic rings. The van der Waals surface area contributed by atoms with E-state index in [-0.39, 0.29) is 4.75 Å². The van der Waals surface area contributed by atoms with E-state index in [1.165, 1.54) is 0 Å². The van der Waals surface area contributed by atoms with Crippen molar-refractivity contribution in [3.63, 3.8) is 0 Å². The van der Waals surface area contributed by atoms with Crippen molar-refractivity contribution in [3.05, 3.63) is 28.8 Å². The van der Waals surface area contributed by atoms with E-state index in [1.54, 1.807) is 0 Å². The lowest BCUT2D eigenvalue weighted by molar-refractivity contribution is 0.366.